The van der Waals surface area contributed by atoms with Gasteiger partial charge in [0, 0.05) is 16.4 Å². The smallest absolute Gasteiger partial charge is 0.321 e. The minimum atomic E-state index is -0.398. The summed E-state index contributed by atoms with van der Waals surface area (Å²) in [6.45, 7) is -0.0256. The van der Waals surface area contributed by atoms with Crippen LogP contribution >= 0.6 is 23.2 Å². The molecule has 2 rings (SSSR count). The minimum Gasteiger partial charge on any atom is -0.472 e. The Morgan fingerprint density at radius 3 is 2.52 bits per heavy atom. The van der Waals surface area contributed by atoms with E-state index in [2.05, 4.69) is 10.6 Å². The molecule has 0 atom stereocenters. The molecule has 110 valence electrons. The summed E-state index contributed by atoms with van der Waals surface area (Å²) >= 11 is 11.7. The van der Waals surface area contributed by atoms with Gasteiger partial charge in [0.15, 0.2) is 6.73 Å². The molecule has 0 aliphatic rings. The van der Waals surface area contributed by atoms with Crippen LogP contribution in [0, 0.1) is 0 Å². The molecule has 2 aromatic rings. The van der Waals surface area contributed by atoms with Crippen LogP contribution in [0.3, 0.4) is 0 Å². The van der Waals surface area contributed by atoms with Crippen molar-refractivity contribution in [2.45, 2.75) is 0 Å². The van der Waals surface area contributed by atoms with E-state index in [9.17, 15) is 4.79 Å². The van der Waals surface area contributed by atoms with Gasteiger partial charge in [0.05, 0.1) is 5.02 Å². The van der Waals surface area contributed by atoms with Gasteiger partial charge in [-0.15, -0.1) is 0 Å². The van der Waals surface area contributed by atoms with Crippen molar-refractivity contribution in [2.24, 2.45) is 0 Å². The van der Waals surface area contributed by atoms with E-state index in [0.29, 0.717) is 27.2 Å². The predicted molar refractivity (Wildman–Crippen MR) is 85.0 cm³/mol. The molecule has 4 N–H and O–H groups in total. The third-order valence-corrected chi connectivity index (χ3v) is 3.05. The third kappa shape index (κ3) is 4.73. The monoisotopic (exact) mass is 325 g/mol. The molecule has 0 aliphatic heterocycles. The highest BCUT2D eigenvalue weighted by atomic mass is 35.5. The van der Waals surface area contributed by atoms with E-state index in [1.54, 1.807) is 42.5 Å². The molecule has 5 nitrogen and oxygen atoms in total. The SMILES string of the molecule is Nc1ccc(NC(=O)NCOc2ccc(Cl)cc2Cl)cc1. The van der Waals surface area contributed by atoms with Crippen LogP contribution in [0.2, 0.25) is 10.0 Å². The average molecular weight is 326 g/mol. The van der Waals surface area contributed by atoms with Gasteiger partial charge in [-0.3, -0.25) is 0 Å². The van der Waals surface area contributed by atoms with E-state index in [1.165, 1.54) is 0 Å². The van der Waals surface area contributed by atoms with E-state index in [1.807, 2.05) is 0 Å². The fraction of sp³-hybridized carbons (Fsp3) is 0.0714. The first kappa shape index (κ1) is 15.3. The zero-order valence-corrected chi connectivity index (χ0v) is 12.4. The Morgan fingerprint density at radius 1 is 1.14 bits per heavy atom. The number of rotatable bonds is 4. The van der Waals surface area contributed by atoms with Gasteiger partial charge < -0.3 is 21.1 Å². The van der Waals surface area contributed by atoms with E-state index < -0.39 is 6.03 Å². The lowest BCUT2D eigenvalue weighted by Gasteiger charge is -2.10. The summed E-state index contributed by atoms with van der Waals surface area (Å²) in [4.78, 5) is 11.6. The molecule has 7 heteroatoms. The topological polar surface area (TPSA) is 76.4 Å². The number of carbonyl (C=O) groups excluding carboxylic acids is 1. The van der Waals surface area contributed by atoms with Gasteiger partial charge in [0.25, 0.3) is 0 Å². The zero-order chi connectivity index (χ0) is 15.2. The maximum Gasteiger partial charge on any atom is 0.321 e. The molecule has 0 fully saturated rings. The predicted octanol–water partition coefficient (Wildman–Crippen LogP) is 3.73. The molecule has 0 unspecified atom stereocenters. The summed E-state index contributed by atoms with van der Waals surface area (Å²) in [6, 6.07) is 11.2. The van der Waals surface area contributed by atoms with Crippen LogP contribution in [0.1, 0.15) is 0 Å². The Morgan fingerprint density at radius 2 is 1.86 bits per heavy atom. The summed E-state index contributed by atoms with van der Waals surface area (Å²) in [5.74, 6) is 0.439. The largest absolute Gasteiger partial charge is 0.472 e. The van der Waals surface area contributed by atoms with Crippen molar-refractivity contribution in [3.05, 3.63) is 52.5 Å². The van der Waals surface area contributed by atoms with Gasteiger partial charge in [-0.05, 0) is 42.5 Å². The highest BCUT2D eigenvalue weighted by Gasteiger charge is 2.04. The van der Waals surface area contributed by atoms with Crippen molar-refractivity contribution in [3.8, 4) is 5.75 Å². The van der Waals surface area contributed by atoms with E-state index in [-0.39, 0.29) is 6.73 Å². The van der Waals surface area contributed by atoms with Gasteiger partial charge in [0.1, 0.15) is 5.75 Å². The van der Waals surface area contributed by atoms with Gasteiger partial charge in [-0.25, -0.2) is 4.79 Å². The maximum atomic E-state index is 11.6. The molecule has 0 aliphatic carbocycles. The summed E-state index contributed by atoms with van der Waals surface area (Å²) in [6.07, 6.45) is 0. The highest BCUT2D eigenvalue weighted by molar-refractivity contribution is 6.35. The molecule has 2 aromatic carbocycles. The van der Waals surface area contributed by atoms with Gasteiger partial charge in [-0.1, -0.05) is 23.2 Å². The average Bonchev–Trinajstić information content (AvgIpc) is 2.44. The second kappa shape index (κ2) is 7.06. The molecule has 0 bridgehead atoms. The minimum absolute atomic E-state index is 0.0256. The van der Waals surface area contributed by atoms with Crippen LogP contribution in [0.4, 0.5) is 16.2 Å². The standard InChI is InChI=1S/C14H13Cl2N3O2/c15-9-1-6-13(12(16)7-9)21-8-18-14(20)19-11-4-2-10(17)3-5-11/h1-7H,8,17H2,(H2,18,19,20). The van der Waals surface area contributed by atoms with Crippen LogP contribution in [-0.2, 0) is 0 Å². The number of amides is 2. The molecule has 0 spiro atoms. The number of anilines is 2. The molecule has 0 radical (unpaired) electrons. The summed E-state index contributed by atoms with van der Waals surface area (Å²) < 4.78 is 5.34. The van der Waals surface area contributed by atoms with Crippen molar-refractivity contribution in [3.63, 3.8) is 0 Å². The highest BCUT2D eigenvalue weighted by Crippen LogP contribution is 2.27. The summed E-state index contributed by atoms with van der Waals surface area (Å²) in [5, 5.41) is 6.07. The number of hydrogen-bond donors (Lipinski definition) is 3. The molecular weight excluding hydrogens is 313 g/mol. The van der Waals surface area contributed by atoms with Crippen molar-refractivity contribution < 1.29 is 9.53 Å². The maximum absolute atomic E-state index is 11.6. The number of halogens is 2. The first-order chi connectivity index (χ1) is 10.0. The number of ether oxygens (including phenoxy) is 1. The first-order valence-corrected chi connectivity index (χ1v) is 6.78. The third-order valence-electron chi connectivity index (χ3n) is 2.52. The number of nitrogens with one attached hydrogen (secondary N) is 2. The van der Waals surface area contributed by atoms with Crippen molar-refractivity contribution in [2.75, 3.05) is 17.8 Å². The lowest BCUT2D eigenvalue weighted by Crippen LogP contribution is -2.32. The Kier molecular flexibility index (Phi) is 5.14. The van der Waals surface area contributed by atoms with E-state index >= 15 is 0 Å². The van der Waals surface area contributed by atoms with Gasteiger partial charge in [-0.2, -0.15) is 0 Å². The number of carbonyl (C=O) groups is 1. The van der Waals surface area contributed by atoms with Crippen molar-refractivity contribution in [1.82, 2.24) is 5.32 Å². The fourth-order valence-corrected chi connectivity index (χ4v) is 1.98. The molecule has 21 heavy (non-hydrogen) atoms. The first-order valence-electron chi connectivity index (χ1n) is 6.03. The van der Waals surface area contributed by atoms with E-state index in [0.717, 1.165) is 0 Å². The van der Waals surface area contributed by atoms with Crippen LogP contribution < -0.4 is 21.1 Å². The second-order valence-corrected chi connectivity index (χ2v) is 4.96. The Bertz CT molecular complexity index is 633. The molecular formula is C14H13Cl2N3O2. The molecule has 2 amide bonds. The van der Waals surface area contributed by atoms with Crippen molar-refractivity contribution in [1.29, 1.82) is 0 Å². The number of benzene rings is 2. The van der Waals surface area contributed by atoms with Gasteiger partial charge in [0.2, 0.25) is 0 Å². The van der Waals surface area contributed by atoms with Crippen LogP contribution in [0.25, 0.3) is 0 Å². The number of nitrogen functional groups attached to an aromatic ring is 1. The Labute approximate surface area is 132 Å². The Hall–Kier alpha value is -2.11. The molecule has 0 saturated carbocycles. The van der Waals surface area contributed by atoms with Crippen LogP contribution in [0.5, 0.6) is 5.75 Å². The van der Waals surface area contributed by atoms with Crippen LogP contribution in [-0.4, -0.2) is 12.8 Å². The van der Waals surface area contributed by atoms with Gasteiger partial charge >= 0.3 is 6.03 Å². The molecule has 0 aromatic heterocycles. The second-order valence-electron chi connectivity index (χ2n) is 4.12. The summed E-state index contributed by atoms with van der Waals surface area (Å²) in [7, 11) is 0. The molecule has 0 heterocycles. The number of hydrogen-bond acceptors (Lipinski definition) is 3. The molecule has 0 saturated heterocycles. The zero-order valence-electron chi connectivity index (χ0n) is 10.9. The normalized spacial score (nSPS) is 10.0. The fourth-order valence-electron chi connectivity index (χ4n) is 1.51. The quantitative estimate of drug-likeness (QED) is 0.592. The number of urea groups is 1. The Balaban J connectivity index is 1.80. The lowest BCUT2D eigenvalue weighted by atomic mass is 10.3. The van der Waals surface area contributed by atoms with Crippen molar-refractivity contribution >= 4 is 40.6 Å². The number of nitrogens with two attached hydrogens (primary N) is 1. The van der Waals surface area contributed by atoms with Crippen LogP contribution in [0.15, 0.2) is 42.5 Å². The van der Waals surface area contributed by atoms with E-state index in [4.69, 9.17) is 33.7 Å². The lowest BCUT2D eigenvalue weighted by molar-refractivity contribution is 0.234. The summed E-state index contributed by atoms with van der Waals surface area (Å²) in [5.41, 5.74) is 6.81.